The lowest BCUT2D eigenvalue weighted by Gasteiger charge is -2.21. The van der Waals surface area contributed by atoms with Gasteiger partial charge in [-0.2, -0.15) is 0 Å². The zero-order chi connectivity index (χ0) is 13.8. The fourth-order valence-corrected chi connectivity index (χ4v) is 1.77. The largest absolute Gasteiger partial charge is 0.478 e. The van der Waals surface area contributed by atoms with Gasteiger partial charge in [-0.25, -0.2) is 4.79 Å². The van der Waals surface area contributed by atoms with Gasteiger partial charge >= 0.3 is 5.97 Å². The molecule has 0 saturated carbocycles. The van der Waals surface area contributed by atoms with Crippen molar-refractivity contribution in [3.05, 3.63) is 29.6 Å². The number of imide groups is 1. The van der Waals surface area contributed by atoms with Gasteiger partial charge in [0.1, 0.15) is 0 Å². The van der Waals surface area contributed by atoms with Gasteiger partial charge < -0.3 is 10.4 Å². The van der Waals surface area contributed by atoms with E-state index in [-0.39, 0.29) is 17.4 Å². The van der Waals surface area contributed by atoms with E-state index in [0.29, 0.717) is 25.1 Å². The first-order chi connectivity index (χ1) is 9.06. The quantitative estimate of drug-likeness (QED) is 0.642. The van der Waals surface area contributed by atoms with Crippen molar-refractivity contribution >= 4 is 17.8 Å². The smallest absolute Gasteiger partial charge is 0.337 e. The molecule has 1 unspecified atom stereocenters. The lowest BCUT2D eigenvalue weighted by atomic mass is 10.1. The molecule has 2 amide bonds. The van der Waals surface area contributed by atoms with E-state index in [2.05, 4.69) is 15.6 Å². The molecule has 2 rings (SSSR count). The summed E-state index contributed by atoms with van der Waals surface area (Å²) in [5.74, 6) is -1.62. The van der Waals surface area contributed by atoms with Crippen LogP contribution in [0.5, 0.6) is 0 Å². The molecule has 100 valence electrons. The van der Waals surface area contributed by atoms with Gasteiger partial charge in [-0.1, -0.05) is 0 Å². The zero-order valence-corrected chi connectivity index (χ0v) is 10.0. The molecule has 0 radical (unpaired) electrons. The number of pyridine rings is 1. The Kier molecular flexibility index (Phi) is 3.86. The summed E-state index contributed by atoms with van der Waals surface area (Å²) < 4.78 is 0. The van der Waals surface area contributed by atoms with E-state index in [1.807, 2.05) is 0 Å². The van der Waals surface area contributed by atoms with Crippen LogP contribution < -0.4 is 10.6 Å². The van der Waals surface area contributed by atoms with E-state index < -0.39 is 12.0 Å². The van der Waals surface area contributed by atoms with Gasteiger partial charge in [0.05, 0.1) is 17.3 Å². The number of carboxylic acids is 1. The minimum absolute atomic E-state index is 0.116. The highest BCUT2D eigenvalue weighted by Gasteiger charge is 2.25. The Morgan fingerprint density at radius 2 is 2.26 bits per heavy atom. The molecule has 1 fully saturated rings. The second kappa shape index (κ2) is 5.57. The number of aromatic nitrogens is 1. The number of hydrogen-bond donors (Lipinski definition) is 3. The molecule has 1 atom stereocenters. The molecule has 19 heavy (non-hydrogen) atoms. The van der Waals surface area contributed by atoms with Crippen molar-refractivity contribution in [3.8, 4) is 0 Å². The highest BCUT2D eigenvalue weighted by atomic mass is 16.4. The number of rotatable bonds is 4. The number of amides is 2. The SMILES string of the molecule is O=C1CCC(NCc2ccc(C(=O)O)cn2)C(=O)N1. The fraction of sp³-hybridized carbons (Fsp3) is 0.333. The lowest BCUT2D eigenvalue weighted by Crippen LogP contribution is -2.50. The first kappa shape index (κ1) is 13.2. The summed E-state index contributed by atoms with van der Waals surface area (Å²) in [7, 11) is 0. The molecule has 1 aliphatic rings. The fourth-order valence-electron chi connectivity index (χ4n) is 1.77. The Hall–Kier alpha value is -2.28. The van der Waals surface area contributed by atoms with E-state index in [9.17, 15) is 14.4 Å². The third-order valence-electron chi connectivity index (χ3n) is 2.84. The minimum Gasteiger partial charge on any atom is -0.478 e. The van der Waals surface area contributed by atoms with E-state index in [1.54, 1.807) is 6.07 Å². The second-order valence-corrected chi connectivity index (χ2v) is 4.23. The van der Waals surface area contributed by atoms with Crippen LogP contribution in [-0.4, -0.2) is 33.9 Å². The highest BCUT2D eigenvalue weighted by Crippen LogP contribution is 2.06. The van der Waals surface area contributed by atoms with Crippen LogP contribution in [0.4, 0.5) is 0 Å². The molecule has 1 aromatic heterocycles. The number of carbonyl (C=O) groups excluding carboxylic acids is 2. The number of carboxylic acid groups (broad SMARTS) is 1. The number of carbonyl (C=O) groups is 3. The van der Waals surface area contributed by atoms with Crippen molar-refractivity contribution in [2.24, 2.45) is 0 Å². The van der Waals surface area contributed by atoms with Crippen molar-refractivity contribution in [1.29, 1.82) is 0 Å². The van der Waals surface area contributed by atoms with Gasteiger partial charge in [0.25, 0.3) is 0 Å². The number of nitrogens with one attached hydrogen (secondary N) is 2. The summed E-state index contributed by atoms with van der Waals surface area (Å²) in [5, 5.41) is 14.0. The Bertz CT molecular complexity index is 512. The maximum atomic E-state index is 11.5. The number of aromatic carboxylic acids is 1. The molecular weight excluding hydrogens is 250 g/mol. The number of nitrogens with zero attached hydrogens (tertiary/aromatic N) is 1. The maximum absolute atomic E-state index is 11.5. The van der Waals surface area contributed by atoms with Gasteiger partial charge in [0, 0.05) is 19.2 Å². The third-order valence-corrected chi connectivity index (χ3v) is 2.84. The molecule has 7 heteroatoms. The van der Waals surface area contributed by atoms with Gasteiger partial charge in [-0.05, 0) is 18.6 Å². The van der Waals surface area contributed by atoms with Crippen molar-refractivity contribution in [3.63, 3.8) is 0 Å². The normalized spacial score (nSPS) is 19.1. The zero-order valence-electron chi connectivity index (χ0n) is 10.0. The first-order valence-corrected chi connectivity index (χ1v) is 5.81. The van der Waals surface area contributed by atoms with Crippen molar-refractivity contribution in [2.45, 2.75) is 25.4 Å². The molecular formula is C12H13N3O4. The molecule has 1 aliphatic heterocycles. The van der Waals surface area contributed by atoms with E-state index >= 15 is 0 Å². The van der Waals surface area contributed by atoms with Crippen LogP contribution in [0.2, 0.25) is 0 Å². The predicted octanol–water partition coefficient (Wildman–Crippen LogP) is -0.325. The van der Waals surface area contributed by atoms with Crippen LogP contribution in [0, 0.1) is 0 Å². The summed E-state index contributed by atoms with van der Waals surface area (Å²) in [6.45, 7) is 0.339. The van der Waals surface area contributed by atoms with Crippen LogP contribution in [-0.2, 0) is 16.1 Å². The average molecular weight is 263 g/mol. The van der Waals surface area contributed by atoms with Gasteiger partial charge in [0.2, 0.25) is 11.8 Å². The molecule has 0 spiro atoms. The highest BCUT2D eigenvalue weighted by molar-refractivity contribution is 6.00. The number of hydrogen-bond acceptors (Lipinski definition) is 5. The summed E-state index contributed by atoms with van der Waals surface area (Å²) >= 11 is 0. The standard InChI is InChI=1S/C12H13N3O4/c16-10-4-3-9(11(17)15-10)14-6-8-2-1-7(5-13-8)12(18)19/h1-2,5,9,14H,3-4,6H2,(H,18,19)(H,15,16,17). The van der Waals surface area contributed by atoms with Crippen LogP contribution in [0.25, 0.3) is 0 Å². The predicted molar refractivity (Wildman–Crippen MR) is 64.2 cm³/mol. The molecule has 0 bridgehead atoms. The van der Waals surface area contributed by atoms with E-state index in [1.165, 1.54) is 12.3 Å². The van der Waals surface area contributed by atoms with Crippen molar-refractivity contribution in [1.82, 2.24) is 15.6 Å². The Morgan fingerprint density at radius 1 is 1.47 bits per heavy atom. The van der Waals surface area contributed by atoms with Crippen LogP contribution in [0.1, 0.15) is 28.9 Å². The summed E-state index contributed by atoms with van der Waals surface area (Å²) in [4.78, 5) is 37.1. The molecule has 3 N–H and O–H groups in total. The Balaban J connectivity index is 1.90. The summed E-state index contributed by atoms with van der Waals surface area (Å²) in [5.41, 5.74) is 0.749. The number of piperidine rings is 1. The van der Waals surface area contributed by atoms with Crippen LogP contribution >= 0.6 is 0 Å². The Labute approximate surface area is 109 Å². The van der Waals surface area contributed by atoms with Crippen molar-refractivity contribution < 1.29 is 19.5 Å². The van der Waals surface area contributed by atoms with E-state index in [4.69, 9.17) is 5.11 Å². The molecule has 0 aromatic carbocycles. The minimum atomic E-state index is -1.03. The van der Waals surface area contributed by atoms with Crippen LogP contribution in [0.3, 0.4) is 0 Å². The lowest BCUT2D eigenvalue weighted by molar-refractivity contribution is -0.134. The van der Waals surface area contributed by atoms with Gasteiger partial charge in [-0.3, -0.25) is 19.9 Å². The monoisotopic (exact) mass is 263 g/mol. The molecule has 0 aliphatic carbocycles. The summed E-state index contributed by atoms with van der Waals surface area (Å²) in [6.07, 6.45) is 2.04. The average Bonchev–Trinajstić information content (AvgIpc) is 2.38. The van der Waals surface area contributed by atoms with Crippen molar-refractivity contribution in [2.75, 3.05) is 0 Å². The molecule has 2 heterocycles. The maximum Gasteiger partial charge on any atom is 0.337 e. The molecule has 1 aromatic rings. The van der Waals surface area contributed by atoms with Gasteiger partial charge in [-0.15, -0.1) is 0 Å². The topological polar surface area (TPSA) is 108 Å². The molecule has 7 nitrogen and oxygen atoms in total. The second-order valence-electron chi connectivity index (χ2n) is 4.23. The van der Waals surface area contributed by atoms with Crippen LogP contribution in [0.15, 0.2) is 18.3 Å². The first-order valence-electron chi connectivity index (χ1n) is 5.81. The molecule has 1 saturated heterocycles. The summed E-state index contributed by atoms with van der Waals surface area (Å²) in [6, 6.07) is 2.62. The third kappa shape index (κ3) is 3.35. The van der Waals surface area contributed by atoms with Gasteiger partial charge in [0.15, 0.2) is 0 Å². The van der Waals surface area contributed by atoms with E-state index in [0.717, 1.165) is 0 Å². The Morgan fingerprint density at radius 3 is 2.84 bits per heavy atom.